The van der Waals surface area contributed by atoms with E-state index in [9.17, 15) is 4.39 Å². The highest BCUT2D eigenvalue weighted by atomic mass is 19.1. The van der Waals surface area contributed by atoms with Gasteiger partial charge in [0.05, 0.1) is 12.1 Å². The van der Waals surface area contributed by atoms with E-state index >= 15 is 0 Å². The van der Waals surface area contributed by atoms with E-state index in [-0.39, 0.29) is 17.4 Å². The molecular formula is C15H22FN3. The summed E-state index contributed by atoms with van der Waals surface area (Å²) >= 11 is 0. The number of aromatic nitrogens is 2. The molecule has 0 bridgehead atoms. The van der Waals surface area contributed by atoms with Crippen LogP contribution in [-0.4, -0.2) is 15.1 Å². The van der Waals surface area contributed by atoms with E-state index in [0.29, 0.717) is 12.1 Å². The minimum atomic E-state index is -0.256. The predicted molar refractivity (Wildman–Crippen MR) is 76.7 cm³/mol. The predicted octanol–water partition coefficient (Wildman–Crippen LogP) is 3.64. The van der Waals surface area contributed by atoms with Crippen molar-refractivity contribution in [2.24, 2.45) is 0 Å². The van der Waals surface area contributed by atoms with Crippen LogP contribution in [0, 0.1) is 5.82 Å². The minimum absolute atomic E-state index is 0.0124. The van der Waals surface area contributed by atoms with Gasteiger partial charge in [-0.05, 0) is 46.8 Å². The number of hydrogen-bond acceptors (Lipinski definition) is 2. The average Bonchev–Trinajstić information content (AvgIpc) is 2.65. The van der Waals surface area contributed by atoms with Crippen LogP contribution in [0.25, 0.3) is 11.0 Å². The highest BCUT2D eigenvalue weighted by molar-refractivity contribution is 5.76. The number of nitrogens with one attached hydrogen (secondary N) is 1. The molecule has 0 fully saturated rings. The molecule has 1 N–H and O–H groups in total. The largest absolute Gasteiger partial charge is 0.324 e. The highest BCUT2D eigenvalue weighted by Gasteiger charge is 2.17. The Kier molecular flexibility index (Phi) is 3.63. The van der Waals surface area contributed by atoms with Gasteiger partial charge in [-0.25, -0.2) is 9.37 Å². The van der Waals surface area contributed by atoms with Crippen LogP contribution >= 0.6 is 0 Å². The van der Waals surface area contributed by atoms with Gasteiger partial charge in [0.15, 0.2) is 5.82 Å². The van der Waals surface area contributed by atoms with Crippen LogP contribution in [0.15, 0.2) is 18.2 Å². The molecule has 0 saturated heterocycles. The summed E-state index contributed by atoms with van der Waals surface area (Å²) < 4.78 is 15.9. The molecule has 0 amide bonds. The lowest BCUT2D eigenvalue weighted by Crippen LogP contribution is -2.36. The first-order valence-electron chi connectivity index (χ1n) is 6.70. The maximum Gasteiger partial charge on any atom is 0.151 e. The first kappa shape index (κ1) is 14.0. The summed E-state index contributed by atoms with van der Waals surface area (Å²) in [4.78, 5) is 4.46. The number of para-hydroxylation sites is 1. The molecule has 19 heavy (non-hydrogen) atoms. The summed E-state index contributed by atoms with van der Waals surface area (Å²) in [6, 6.07) is 5.37. The van der Waals surface area contributed by atoms with Crippen LogP contribution in [0.2, 0.25) is 0 Å². The van der Waals surface area contributed by atoms with Crippen molar-refractivity contribution in [3.63, 3.8) is 0 Å². The van der Waals surface area contributed by atoms with Crippen LogP contribution in [0.3, 0.4) is 0 Å². The van der Waals surface area contributed by atoms with E-state index in [1.165, 1.54) is 6.07 Å². The Labute approximate surface area is 113 Å². The third-order valence-electron chi connectivity index (χ3n) is 3.04. The molecule has 2 rings (SSSR count). The summed E-state index contributed by atoms with van der Waals surface area (Å²) in [5.41, 5.74) is 1.33. The van der Waals surface area contributed by atoms with Crippen LogP contribution in [0.4, 0.5) is 4.39 Å². The minimum Gasteiger partial charge on any atom is -0.324 e. The number of rotatable bonds is 3. The van der Waals surface area contributed by atoms with Gasteiger partial charge in [-0.15, -0.1) is 0 Å². The smallest absolute Gasteiger partial charge is 0.151 e. The molecule has 1 aromatic carbocycles. The number of fused-ring (bicyclic) bond motifs is 1. The Hall–Kier alpha value is -1.42. The molecule has 0 unspecified atom stereocenters. The fourth-order valence-electron chi connectivity index (χ4n) is 2.18. The summed E-state index contributed by atoms with van der Waals surface area (Å²) in [7, 11) is 0. The lowest BCUT2D eigenvalue weighted by Gasteiger charge is -2.21. The molecule has 0 saturated carbocycles. The summed E-state index contributed by atoms with van der Waals surface area (Å²) in [6.07, 6.45) is 0. The molecule has 0 aliphatic rings. The lowest BCUT2D eigenvalue weighted by molar-refractivity contribution is 0.408. The van der Waals surface area contributed by atoms with Crippen molar-refractivity contribution in [3.05, 3.63) is 29.8 Å². The SMILES string of the molecule is CC(C)n1c(CNC(C)(C)C)nc2c(F)cccc21. The lowest BCUT2D eigenvalue weighted by atomic mass is 10.1. The standard InChI is InChI=1S/C15H22FN3/c1-10(2)19-12-8-6-7-11(16)14(12)18-13(19)9-17-15(3,4)5/h6-8,10,17H,9H2,1-5H3. The van der Waals surface area contributed by atoms with Gasteiger partial charge in [0, 0.05) is 11.6 Å². The van der Waals surface area contributed by atoms with E-state index in [1.807, 2.05) is 6.07 Å². The van der Waals surface area contributed by atoms with Crippen LogP contribution < -0.4 is 5.32 Å². The zero-order valence-corrected chi connectivity index (χ0v) is 12.3. The van der Waals surface area contributed by atoms with E-state index in [1.54, 1.807) is 6.07 Å². The van der Waals surface area contributed by atoms with Gasteiger partial charge in [0.25, 0.3) is 0 Å². The Morgan fingerprint density at radius 3 is 2.58 bits per heavy atom. The van der Waals surface area contributed by atoms with Crippen LogP contribution in [-0.2, 0) is 6.54 Å². The topological polar surface area (TPSA) is 29.9 Å². The second-order valence-electron chi connectivity index (χ2n) is 6.20. The number of halogens is 1. The molecule has 0 atom stereocenters. The van der Waals surface area contributed by atoms with Crippen LogP contribution in [0.1, 0.15) is 46.5 Å². The molecule has 3 nitrogen and oxygen atoms in total. The molecule has 0 spiro atoms. The normalized spacial score (nSPS) is 12.6. The molecule has 2 aromatic rings. The molecule has 104 valence electrons. The van der Waals surface area contributed by atoms with Gasteiger partial charge in [0.1, 0.15) is 11.3 Å². The van der Waals surface area contributed by atoms with Crippen molar-refractivity contribution in [1.29, 1.82) is 0 Å². The quantitative estimate of drug-likeness (QED) is 0.916. The highest BCUT2D eigenvalue weighted by Crippen LogP contribution is 2.23. The number of benzene rings is 1. The molecule has 0 radical (unpaired) electrons. The van der Waals surface area contributed by atoms with E-state index in [4.69, 9.17) is 0 Å². The third-order valence-corrected chi connectivity index (χ3v) is 3.04. The summed E-state index contributed by atoms with van der Waals surface area (Å²) in [5.74, 6) is 0.624. The Bertz CT molecular complexity index is 579. The van der Waals surface area contributed by atoms with Gasteiger partial charge in [-0.1, -0.05) is 6.07 Å². The second kappa shape index (κ2) is 4.93. The van der Waals surface area contributed by atoms with Crippen molar-refractivity contribution in [2.45, 2.75) is 52.7 Å². The Morgan fingerprint density at radius 1 is 1.32 bits per heavy atom. The fourth-order valence-corrected chi connectivity index (χ4v) is 2.18. The fraction of sp³-hybridized carbons (Fsp3) is 0.533. The maximum atomic E-state index is 13.8. The Balaban J connectivity index is 2.48. The maximum absolute atomic E-state index is 13.8. The van der Waals surface area contributed by atoms with Crippen LogP contribution in [0.5, 0.6) is 0 Å². The van der Waals surface area contributed by atoms with Gasteiger partial charge >= 0.3 is 0 Å². The molecular weight excluding hydrogens is 241 g/mol. The van der Waals surface area contributed by atoms with Crippen molar-refractivity contribution in [2.75, 3.05) is 0 Å². The van der Waals surface area contributed by atoms with Crippen molar-refractivity contribution >= 4 is 11.0 Å². The van der Waals surface area contributed by atoms with E-state index in [0.717, 1.165) is 11.3 Å². The van der Waals surface area contributed by atoms with E-state index in [2.05, 4.69) is 49.5 Å². The first-order chi connectivity index (χ1) is 8.79. The van der Waals surface area contributed by atoms with Gasteiger partial charge < -0.3 is 9.88 Å². The van der Waals surface area contributed by atoms with Gasteiger partial charge in [-0.3, -0.25) is 0 Å². The third kappa shape index (κ3) is 2.95. The van der Waals surface area contributed by atoms with Gasteiger partial charge in [-0.2, -0.15) is 0 Å². The zero-order chi connectivity index (χ0) is 14.2. The summed E-state index contributed by atoms with van der Waals surface area (Å²) in [6.45, 7) is 11.1. The average molecular weight is 263 g/mol. The molecule has 0 aliphatic carbocycles. The van der Waals surface area contributed by atoms with E-state index < -0.39 is 0 Å². The zero-order valence-electron chi connectivity index (χ0n) is 12.3. The molecule has 1 aromatic heterocycles. The number of hydrogen-bond donors (Lipinski definition) is 1. The molecule has 1 heterocycles. The van der Waals surface area contributed by atoms with Crippen molar-refractivity contribution < 1.29 is 4.39 Å². The Morgan fingerprint density at radius 2 is 2.00 bits per heavy atom. The van der Waals surface area contributed by atoms with Crippen molar-refractivity contribution in [1.82, 2.24) is 14.9 Å². The number of imidazole rings is 1. The number of nitrogens with zero attached hydrogens (tertiary/aromatic N) is 2. The first-order valence-corrected chi connectivity index (χ1v) is 6.70. The molecule has 0 aliphatic heterocycles. The monoisotopic (exact) mass is 263 g/mol. The van der Waals surface area contributed by atoms with Crippen molar-refractivity contribution in [3.8, 4) is 0 Å². The second-order valence-corrected chi connectivity index (χ2v) is 6.20. The summed E-state index contributed by atoms with van der Waals surface area (Å²) in [5, 5.41) is 3.41. The molecule has 4 heteroatoms. The van der Waals surface area contributed by atoms with Gasteiger partial charge in [0.2, 0.25) is 0 Å².